The van der Waals surface area contributed by atoms with Gasteiger partial charge in [-0.15, -0.1) is 0 Å². The Balaban J connectivity index is 1.69. The minimum Gasteiger partial charge on any atom is -0.424 e. The van der Waals surface area contributed by atoms with Crippen molar-refractivity contribution in [1.82, 2.24) is 4.98 Å². The third kappa shape index (κ3) is 2.88. The summed E-state index contributed by atoms with van der Waals surface area (Å²) in [7, 11) is 1.47. The molecule has 4 aromatic rings. The number of aromatic nitrogens is 1. The second kappa shape index (κ2) is 8.07. The van der Waals surface area contributed by atoms with Crippen LogP contribution in [0, 0.1) is 5.92 Å². The van der Waals surface area contributed by atoms with E-state index in [0.29, 0.717) is 38.9 Å². The first-order valence-electron chi connectivity index (χ1n) is 11.6. The number of rotatable bonds is 4. The van der Waals surface area contributed by atoms with Crippen molar-refractivity contribution in [2.45, 2.75) is 12.5 Å². The number of carbonyl (C=O) groups excluding carboxylic acids is 3. The van der Waals surface area contributed by atoms with Crippen molar-refractivity contribution in [2.24, 2.45) is 5.92 Å². The molecule has 6 rings (SSSR count). The van der Waals surface area contributed by atoms with Crippen molar-refractivity contribution >= 4 is 39.6 Å². The Hall–Kier alpha value is -4.42. The molecule has 0 saturated carbocycles. The Morgan fingerprint density at radius 3 is 2.31 bits per heavy atom. The van der Waals surface area contributed by atoms with E-state index in [0.717, 1.165) is 11.1 Å². The third-order valence-electron chi connectivity index (χ3n) is 7.04. The molecule has 6 nitrogen and oxygen atoms in total. The standard InChI is InChI=1S/C30H21NO5/c1-17(32)36-23-15-14-19(20-13-8-16-31-27(20)23)25-24(18-9-4-3-5-10-18)26-28(33)21-11-6-7-12-22(21)29(34)30(25,26)35-2/h3-16,26H,1-2H3. The topological polar surface area (TPSA) is 82.6 Å². The number of nitrogens with zero attached hydrogens (tertiary/aromatic N) is 1. The molecule has 2 unspecified atom stereocenters. The first-order valence-corrected chi connectivity index (χ1v) is 11.6. The van der Waals surface area contributed by atoms with Crippen LogP contribution in [-0.2, 0) is 9.53 Å². The number of carbonyl (C=O) groups is 3. The second-order valence-electron chi connectivity index (χ2n) is 8.87. The highest BCUT2D eigenvalue weighted by atomic mass is 16.5. The van der Waals surface area contributed by atoms with E-state index in [-0.39, 0.29) is 11.6 Å². The summed E-state index contributed by atoms with van der Waals surface area (Å²) in [5, 5.41) is 0.689. The summed E-state index contributed by atoms with van der Waals surface area (Å²) in [5.41, 5.74) is 2.67. The number of ether oxygens (including phenoxy) is 2. The number of fused-ring (bicyclic) bond motifs is 3. The molecule has 0 fully saturated rings. The van der Waals surface area contributed by atoms with Crippen LogP contribution in [0.1, 0.15) is 38.8 Å². The second-order valence-corrected chi connectivity index (χ2v) is 8.87. The maximum atomic E-state index is 14.1. The predicted molar refractivity (Wildman–Crippen MR) is 135 cm³/mol. The van der Waals surface area contributed by atoms with E-state index in [1.165, 1.54) is 14.0 Å². The van der Waals surface area contributed by atoms with Gasteiger partial charge in [0, 0.05) is 42.3 Å². The lowest BCUT2D eigenvalue weighted by atomic mass is 9.52. The molecule has 0 radical (unpaired) electrons. The van der Waals surface area contributed by atoms with Crippen LogP contribution in [-0.4, -0.2) is 35.2 Å². The molecule has 6 heteroatoms. The Labute approximate surface area is 207 Å². The van der Waals surface area contributed by atoms with Crippen molar-refractivity contribution in [1.29, 1.82) is 0 Å². The molecule has 0 saturated heterocycles. The summed E-state index contributed by atoms with van der Waals surface area (Å²) in [6, 6.07) is 23.6. The van der Waals surface area contributed by atoms with E-state index in [1.54, 1.807) is 48.7 Å². The fourth-order valence-corrected chi connectivity index (χ4v) is 5.61. The largest absolute Gasteiger partial charge is 0.424 e. The summed E-state index contributed by atoms with van der Waals surface area (Å²) < 4.78 is 11.4. The van der Waals surface area contributed by atoms with Crippen LogP contribution in [0.25, 0.3) is 22.0 Å². The summed E-state index contributed by atoms with van der Waals surface area (Å²) >= 11 is 0. The molecule has 0 spiro atoms. The molecule has 0 N–H and O–H groups in total. The normalized spacial score (nSPS) is 20.6. The van der Waals surface area contributed by atoms with E-state index >= 15 is 0 Å². The van der Waals surface area contributed by atoms with Crippen molar-refractivity contribution < 1.29 is 23.9 Å². The quantitative estimate of drug-likeness (QED) is 0.299. The van der Waals surface area contributed by atoms with Crippen LogP contribution >= 0.6 is 0 Å². The summed E-state index contributed by atoms with van der Waals surface area (Å²) in [6.45, 7) is 1.33. The number of benzene rings is 3. The molecule has 2 aliphatic rings. The van der Waals surface area contributed by atoms with E-state index in [4.69, 9.17) is 9.47 Å². The van der Waals surface area contributed by atoms with Gasteiger partial charge >= 0.3 is 5.97 Å². The summed E-state index contributed by atoms with van der Waals surface area (Å²) in [6.07, 6.45) is 1.62. The Morgan fingerprint density at radius 1 is 0.861 bits per heavy atom. The molecule has 3 aromatic carbocycles. The fraction of sp³-hybridized carbons (Fsp3) is 0.133. The van der Waals surface area contributed by atoms with Crippen molar-refractivity contribution in [2.75, 3.05) is 7.11 Å². The number of Topliss-reactive ketones (excluding diaryl/α,β-unsaturated/α-hetero) is 2. The zero-order valence-corrected chi connectivity index (χ0v) is 19.6. The van der Waals surface area contributed by atoms with Crippen LogP contribution in [0.15, 0.2) is 85.1 Å². The van der Waals surface area contributed by atoms with E-state index in [2.05, 4.69) is 4.98 Å². The van der Waals surface area contributed by atoms with Gasteiger partial charge in [0.2, 0.25) is 5.78 Å². The maximum Gasteiger partial charge on any atom is 0.308 e. The fourth-order valence-electron chi connectivity index (χ4n) is 5.61. The first-order chi connectivity index (χ1) is 17.5. The van der Waals surface area contributed by atoms with Gasteiger partial charge in [-0.3, -0.25) is 19.4 Å². The zero-order chi connectivity index (χ0) is 25.0. The van der Waals surface area contributed by atoms with Crippen molar-refractivity contribution in [3.8, 4) is 5.75 Å². The Morgan fingerprint density at radius 2 is 1.58 bits per heavy atom. The van der Waals surface area contributed by atoms with Crippen molar-refractivity contribution in [3.63, 3.8) is 0 Å². The van der Waals surface area contributed by atoms with E-state index in [9.17, 15) is 14.4 Å². The van der Waals surface area contributed by atoms with Gasteiger partial charge in [-0.25, -0.2) is 0 Å². The highest BCUT2D eigenvalue weighted by molar-refractivity contribution is 6.35. The average molecular weight is 476 g/mol. The van der Waals surface area contributed by atoms with Crippen LogP contribution in [0.2, 0.25) is 0 Å². The first kappa shape index (κ1) is 22.1. The molecule has 2 atom stereocenters. The minimum atomic E-state index is -1.48. The van der Waals surface area contributed by atoms with Gasteiger partial charge in [-0.2, -0.15) is 0 Å². The summed E-state index contributed by atoms with van der Waals surface area (Å²) in [4.78, 5) is 44.1. The third-order valence-corrected chi connectivity index (χ3v) is 7.04. The van der Waals surface area contributed by atoms with Gasteiger partial charge in [-0.05, 0) is 28.8 Å². The van der Waals surface area contributed by atoms with Crippen molar-refractivity contribution in [3.05, 3.63) is 107 Å². The molecule has 176 valence electrons. The van der Waals surface area contributed by atoms with Crippen LogP contribution < -0.4 is 4.74 Å². The van der Waals surface area contributed by atoms with Gasteiger partial charge in [0.15, 0.2) is 17.1 Å². The lowest BCUT2D eigenvalue weighted by Gasteiger charge is -2.52. The molecule has 36 heavy (non-hydrogen) atoms. The SMILES string of the molecule is COC12C(=O)c3ccccc3C(=O)C1C(c1ccccc1)=C2c1ccc(OC(C)=O)c2ncccc12. The lowest BCUT2D eigenvalue weighted by Crippen LogP contribution is -2.61. The van der Waals surface area contributed by atoms with Gasteiger partial charge in [0.1, 0.15) is 5.52 Å². The van der Waals surface area contributed by atoms with Gasteiger partial charge in [0.25, 0.3) is 0 Å². The number of hydrogen-bond donors (Lipinski definition) is 0. The molecule has 1 heterocycles. The number of ketones is 2. The van der Waals surface area contributed by atoms with Crippen LogP contribution in [0.5, 0.6) is 5.75 Å². The minimum absolute atomic E-state index is 0.145. The molecule has 0 aliphatic heterocycles. The van der Waals surface area contributed by atoms with E-state index < -0.39 is 17.5 Å². The number of methoxy groups -OCH3 is 1. The Kier molecular flexibility index (Phi) is 4.95. The number of hydrogen-bond acceptors (Lipinski definition) is 6. The lowest BCUT2D eigenvalue weighted by molar-refractivity contribution is -0.131. The molecule has 0 bridgehead atoms. The van der Waals surface area contributed by atoms with Gasteiger partial charge in [-0.1, -0.05) is 66.7 Å². The molecular weight excluding hydrogens is 454 g/mol. The highest BCUT2D eigenvalue weighted by Crippen LogP contribution is 2.61. The molecule has 0 amide bonds. The molecule has 1 aromatic heterocycles. The summed E-state index contributed by atoms with van der Waals surface area (Å²) in [5.74, 6) is -1.32. The highest BCUT2D eigenvalue weighted by Gasteiger charge is 2.66. The zero-order valence-electron chi connectivity index (χ0n) is 19.6. The molecular formula is C30H21NO5. The maximum absolute atomic E-state index is 14.1. The van der Waals surface area contributed by atoms with Crippen LogP contribution in [0.4, 0.5) is 0 Å². The van der Waals surface area contributed by atoms with Gasteiger partial charge in [0.05, 0.1) is 5.92 Å². The smallest absolute Gasteiger partial charge is 0.308 e. The predicted octanol–water partition coefficient (Wildman–Crippen LogP) is 5.17. The van der Waals surface area contributed by atoms with Gasteiger partial charge < -0.3 is 9.47 Å². The number of pyridine rings is 1. The monoisotopic (exact) mass is 475 g/mol. The average Bonchev–Trinajstić information content (AvgIpc) is 2.89. The Bertz CT molecular complexity index is 1620. The van der Waals surface area contributed by atoms with Crippen LogP contribution in [0.3, 0.4) is 0 Å². The number of esters is 1. The van der Waals surface area contributed by atoms with E-state index in [1.807, 2.05) is 36.4 Å². The molecule has 2 aliphatic carbocycles.